The van der Waals surface area contributed by atoms with E-state index in [-0.39, 0.29) is 0 Å². The fourth-order valence-electron chi connectivity index (χ4n) is 7.95. The molecule has 0 aliphatic heterocycles. The van der Waals surface area contributed by atoms with Gasteiger partial charge < -0.3 is 125 Å². The molecule has 48 heteroatoms. The van der Waals surface area contributed by atoms with E-state index in [0.29, 0.717) is 42.5 Å². The molecular weight excluding hydrogens is 1730 g/mol. The van der Waals surface area contributed by atoms with Gasteiger partial charge in [-0.3, -0.25) is 0 Å². The van der Waals surface area contributed by atoms with Crippen LogP contribution in [0.4, 0.5) is 19.2 Å². The lowest BCUT2D eigenvalue weighted by molar-refractivity contribution is -0.228. The molecule has 14 unspecified atom stereocenters. The summed E-state index contributed by atoms with van der Waals surface area (Å²) in [5.74, 6) is -20.0. The number of carboxylic acid groups (broad SMARTS) is 4. The van der Waals surface area contributed by atoms with E-state index >= 15 is 0 Å². The van der Waals surface area contributed by atoms with Gasteiger partial charge in [0.05, 0.1) is 5.92 Å². The zero-order valence-electron chi connectivity index (χ0n) is 67.6. The third-order valence-electron chi connectivity index (χ3n) is 13.3. The Bertz CT molecular complexity index is 4130. The van der Waals surface area contributed by atoms with E-state index in [1.807, 2.05) is 0 Å². The van der Waals surface area contributed by atoms with Crippen LogP contribution >= 0.6 is 0 Å². The molecule has 0 aromatic rings. The minimum atomic E-state index is -2.30. The van der Waals surface area contributed by atoms with Crippen molar-refractivity contribution in [1.29, 1.82) is 0 Å². The van der Waals surface area contributed by atoms with Crippen LogP contribution in [-0.4, -0.2) is 285 Å². The van der Waals surface area contributed by atoms with Crippen LogP contribution in [0, 0.1) is 5.92 Å². The molecule has 0 rings (SSSR count). The van der Waals surface area contributed by atoms with E-state index in [9.17, 15) is 105 Å². The van der Waals surface area contributed by atoms with E-state index in [2.05, 4.69) is 137 Å². The third kappa shape index (κ3) is 52.8. The summed E-state index contributed by atoms with van der Waals surface area (Å²) in [5, 5.41) is 35.6. The van der Waals surface area contributed by atoms with E-state index in [1.165, 1.54) is 0 Å². The summed E-state index contributed by atoms with van der Waals surface area (Å²) in [6, 6.07) is 0. The summed E-state index contributed by atoms with van der Waals surface area (Å²) < 4.78 is 107. The van der Waals surface area contributed by atoms with Crippen LogP contribution in [0.3, 0.4) is 0 Å². The Kier molecular flexibility index (Phi) is 61.8. The minimum absolute atomic E-state index is 0.523. The fraction of sp³-hybridized carbons (Fsp3) is 0.275. The van der Waals surface area contributed by atoms with Crippen LogP contribution in [-0.2, 0) is 191 Å². The van der Waals surface area contributed by atoms with E-state index in [1.54, 1.807) is 0 Å². The van der Waals surface area contributed by atoms with E-state index < -0.39 is 270 Å². The van der Waals surface area contributed by atoms with Gasteiger partial charge in [0.25, 0.3) is 6.29 Å². The lowest BCUT2D eigenvalue weighted by Crippen LogP contribution is -2.54. The first-order chi connectivity index (χ1) is 60.4. The van der Waals surface area contributed by atoms with Gasteiger partial charge >= 0.3 is 132 Å². The maximum atomic E-state index is 12.1. The first kappa shape index (κ1) is 117. The second-order valence-electron chi connectivity index (χ2n) is 21.8. The first-order valence-corrected chi connectivity index (χ1v) is 34.6. The molecule has 48 nitrogen and oxygen atoms in total. The van der Waals surface area contributed by atoms with Crippen molar-refractivity contribution in [2.75, 3.05) is 52.9 Å². The summed E-state index contributed by atoms with van der Waals surface area (Å²) in [5.41, 5.74) is 0. The number of ether oxygens (including phenoxy) is 22. The third-order valence-corrected chi connectivity index (χ3v) is 13.3. The summed E-state index contributed by atoms with van der Waals surface area (Å²) in [6.07, 6.45) is -17.3. The molecule has 0 saturated carbocycles. The molecule has 0 radical (unpaired) electrons. The molecule has 0 fully saturated rings. The van der Waals surface area contributed by atoms with Gasteiger partial charge in [0.15, 0.2) is 67.1 Å². The van der Waals surface area contributed by atoms with Crippen molar-refractivity contribution in [3.63, 3.8) is 0 Å². The highest BCUT2D eigenvalue weighted by Crippen LogP contribution is 2.26. The van der Waals surface area contributed by atoms with Gasteiger partial charge in [0, 0.05) is 109 Å². The number of esters is 18. The first-order valence-electron chi connectivity index (χ1n) is 34.6. The Labute approximate surface area is 725 Å². The van der Waals surface area contributed by atoms with Crippen molar-refractivity contribution in [3.8, 4) is 0 Å². The molecule has 0 heterocycles. The summed E-state index contributed by atoms with van der Waals surface area (Å²) in [6.45, 7) is 51.8. The Morgan fingerprint density at radius 1 is 0.164 bits per heavy atom. The Morgan fingerprint density at radius 3 is 0.570 bits per heavy atom. The number of carbonyl (C=O) groups is 22. The number of carbonyl (C=O) groups excluding carboxylic acids is 18. The van der Waals surface area contributed by atoms with Crippen LogP contribution in [0.15, 0.2) is 228 Å². The largest absolute Gasteiger partial charge is 0.509 e. The Morgan fingerprint density at radius 2 is 0.328 bits per heavy atom. The molecule has 0 aliphatic carbocycles. The number of hydrogen-bond acceptors (Lipinski definition) is 44. The topological polar surface area (TPSA) is 660 Å². The van der Waals surface area contributed by atoms with Crippen molar-refractivity contribution < 1.29 is 230 Å². The maximum absolute atomic E-state index is 12.1. The molecule has 128 heavy (non-hydrogen) atoms. The second-order valence-corrected chi connectivity index (χ2v) is 21.8. The van der Waals surface area contributed by atoms with Crippen molar-refractivity contribution in [1.82, 2.24) is 0 Å². The molecule has 0 aromatic carbocycles. The number of hydrogen-bond donors (Lipinski definition) is 4. The smallest absolute Gasteiger partial charge is 0.462 e. The van der Waals surface area contributed by atoms with Crippen LogP contribution in [0.25, 0.3) is 0 Å². The van der Waals surface area contributed by atoms with Crippen molar-refractivity contribution in [3.05, 3.63) is 228 Å². The molecule has 696 valence electrons. The van der Waals surface area contributed by atoms with Crippen molar-refractivity contribution in [2.24, 2.45) is 5.92 Å². The standard InChI is InChI=1S/C22H24O13.C21H22O13.C19H22O11.C18H20O11/c1-6-15(23)30-11-13(32-16(24)7-2)20(34-18(26)9-4)21(35-19(27)10-5)14(12-31-22(28)29)33-17(25)8-3;1-6-13(22)29-11-12(30-14(23)7-2)18(31-15(24)8-3)19(32-16(25)9-4)20(34-21(27)28)33-17(26)10-5;1-5-14(20)26-9-12(10-28-19(24)25)18(30-17(23)8-4)13(29-16(22)7-3)11-27-15(21)6-2;1-5-13(19)25-9-11(27-15(21)7-3)17(29-16(22)8-4)12(28-18(23)24)10-26-14(20)6-2/h6-10,13-14,20-21H,1-5,11-12H2,(H,28,29);6-10,12,18-20H,1-5,11H2,(H,27,28);5-8,12-13,18H,1-4,9-11H2,(H,24,25);5-8,11-12,17H,1-4,9-10H2,(H,23,24). The molecule has 0 spiro atoms. The summed E-state index contributed by atoms with van der Waals surface area (Å²) in [7, 11) is 0. The predicted octanol–water partition coefficient (Wildman–Crippen LogP) is 3.22. The normalized spacial score (nSPS) is 12.9. The number of rotatable bonds is 58. The molecule has 0 bridgehead atoms. The molecule has 0 aromatic heterocycles. The SMILES string of the molecule is C=CC(=O)OCC(COC(=O)O)C(OC(=O)C=C)C(COC(=O)C=C)OC(=O)C=C.C=CC(=O)OCC(OC(=O)C=C)C(OC(=O)C=C)C(OC(=O)C=C)C(COC(=O)O)OC(=O)C=C.C=CC(=O)OCC(OC(=O)C=C)C(OC(=O)C=C)C(OC(=O)C=C)C(OC(=O)O)OC(=O)C=C.C=CC(=O)OCC(OC(=O)O)C(OC(=O)C=C)C(COC(=O)C=C)OC(=O)C=C. The Balaban J connectivity index is -0.000000803. The molecule has 0 saturated heterocycles. The van der Waals surface area contributed by atoms with Crippen LogP contribution < -0.4 is 0 Å². The highest BCUT2D eigenvalue weighted by Gasteiger charge is 2.49. The minimum Gasteiger partial charge on any atom is -0.462 e. The summed E-state index contributed by atoms with van der Waals surface area (Å²) >= 11 is 0. The average molecular weight is 1820 g/mol. The van der Waals surface area contributed by atoms with Crippen molar-refractivity contribution >= 4 is 132 Å². The quantitative estimate of drug-likeness (QED) is 0.0294. The van der Waals surface area contributed by atoms with Crippen LogP contribution in [0.2, 0.25) is 0 Å². The monoisotopic (exact) mass is 1820 g/mol. The second kappa shape index (κ2) is 67.5. The summed E-state index contributed by atoms with van der Waals surface area (Å²) in [4.78, 5) is 255. The fourth-order valence-corrected chi connectivity index (χ4v) is 7.95. The van der Waals surface area contributed by atoms with Gasteiger partial charge in [-0.05, 0) is 0 Å². The van der Waals surface area contributed by atoms with Gasteiger partial charge in [-0.1, -0.05) is 118 Å². The zero-order chi connectivity index (χ0) is 98.7. The predicted molar refractivity (Wildman–Crippen MR) is 421 cm³/mol. The highest BCUT2D eigenvalue weighted by atomic mass is 16.8. The van der Waals surface area contributed by atoms with Crippen LogP contribution in [0.1, 0.15) is 0 Å². The molecule has 0 aliphatic rings. The molecule has 0 amide bonds. The van der Waals surface area contributed by atoms with Gasteiger partial charge in [0.1, 0.15) is 52.9 Å². The van der Waals surface area contributed by atoms with E-state index in [4.69, 9.17) is 106 Å². The van der Waals surface area contributed by atoms with Gasteiger partial charge in [-0.25, -0.2) is 105 Å². The van der Waals surface area contributed by atoms with Gasteiger partial charge in [0.2, 0.25) is 6.10 Å². The lowest BCUT2D eigenvalue weighted by atomic mass is 9.99. The Hall–Kier alpha value is -17.1. The highest BCUT2D eigenvalue weighted by molar-refractivity contribution is 5.88. The van der Waals surface area contributed by atoms with E-state index in [0.717, 1.165) is 66.8 Å². The molecular formula is C80H88O48. The van der Waals surface area contributed by atoms with Gasteiger partial charge in [-0.2, -0.15) is 0 Å². The maximum Gasteiger partial charge on any atom is 0.509 e. The molecule has 14 atom stereocenters. The molecule has 4 N–H and O–H groups in total. The average Bonchev–Trinajstić information content (AvgIpc) is 0.827. The van der Waals surface area contributed by atoms with Gasteiger partial charge in [-0.15, -0.1) is 0 Å². The van der Waals surface area contributed by atoms with Crippen molar-refractivity contribution in [2.45, 2.75) is 79.5 Å². The zero-order valence-corrected chi connectivity index (χ0v) is 67.6. The van der Waals surface area contributed by atoms with Crippen LogP contribution in [0.5, 0.6) is 0 Å². The lowest BCUT2D eigenvalue weighted by Gasteiger charge is -2.34.